The van der Waals surface area contributed by atoms with Crippen LogP contribution in [0.3, 0.4) is 0 Å². The third kappa shape index (κ3) is 5.98. The average Bonchev–Trinajstić information content (AvgIpc) is 2.84. The predicted molar refractivity (Wildman–Crippen MR) is 126 cm³/mol. The summed E-state index contributed by atoms with van der Waals surface area (Å²) >= 11 is 0. The maximum Gasteiger partial charge on any atom is 0.333 e. The molecule has 0 saturated heterocycles. The molecule has 0 radical (unpaired) electrons. The van der Waals surface area contributed by atoms with E-state index in [1.807, 2.05) is 36.4 Å². The quantitative estimate of drug-likeness (QED) is 0.509. The molecule has 0 fully saturated rings. The Kier molecular flexibility index (Phi) is 8.22. The van der Waals surface area contributed by atoms with Gasteiger partial charge in [-0.2, -0.15) is 0 Å². The number of aliphatic carboxylic acids is 1. The van der Waals surface area contributed by atoms with Crippen molar-refractivity contribution < 1.29 is 33.6 Å². The summed E-state index contributed by atoms with van der Waals surface area (Å²) in [5.41, 5.74) is 4.13. The molecule has 1 aromatic rings. The van der Waals surface area contributed by atoms with Crippen molar-refractivity contribution in [2.45, 2.75) is 38.4 Å². The molecule has 1 aliphatic heterocycles. The van der Waals surface area contributed by atoms with Crippen molar-refractivity contribution in [1.82, 2.24) is 0 Å². The smallest absolute Gasteiger partial charge is 0.333 e. The van der Waals surface area contributed by atoms with E-state index in [0.717, 1.165) is 40.9 Å². The first-order valence-electron chi connectivity index (χ1n) is 11.5. The Morgan fingerprint density at radius 1 is 1.21 bits per heavy atom. The minimum Gasteiger partial charge on any atom is -0.491 e. The number of hydrogen-bond donors (Lipinski definition) is 1. The second-order valence-corrected chi connectivity index (χ2v) is 8.03. The predicted octanol–water partition coefficient (Wildman–Crippen LogP) is 4.47. The van der Waals surface area contributed by atoms with Crippen LogP contribution < -0.4 is 4.74 Å². The molecule has 0 aromatic heterocycles. The Bertz CT molecular complexity index is 1010. The van der Waals surface area contributed by atoms with Gasteiger partial charge in [-0.1, -0.05) is 36.4 Å². The number of carbonyl (C=O) groups is 1. The van der Waals surface area contributed by atoms with Gasteiger partial charge in [0.25, 0.3) is 0 Å². The lowest BCUT2D eigenvalue weighted by atomic mass is 9.86. The minimum atomic E-state index is -0.958. The number of rotatable bonds is 10. The standard InChI is InChI=1S/C27H30O7/c1-2-31-25(27(28)29)16-19-10-12-21(13-11-19)32-14-15-33-24-9-5-6-20-17-30-18-34-23-8-4-3-7-22(23)26(20)24/h3-6,8,10-13,17,24-25H,2,7,9,14-16,18H2,1H3,(H,28,29)/b20-17-,26-22+. The van der Waals surface area contributed by atoms with Crippen LogP contribution in [0.2, 0.25) is 0 Å². The summed E-state index contributed by atoms with van der Waals surface area (Å²) in [7, 11) is 0. The molecule has 2 unspecified atom stereocenters. The summed E-state index contributed by atoms with van der Waals surface area (Å²) in [5.74, 6) is 0.579. The Hall–Kier alpha value is -3.29. The fourth-order valence-electron chi connectivity index (χ4n) is 4.18. The van der Waals surface area contributed by atoms with Crippen LogP contribution in [-0.2, 0) is 30.2 Å². The van der Waals surface area contributed by atoms with Crippen molar-refractivity contribution in [2.75, 3.05) is 26.6 Å². The highest BCUT2D eigenvalue weighted by Gasteiger charge is 2.28. The average molecular weight is 467 g/mol. The first-order chi connectivity index (χ1) is 16.7. The summed E-state index contributed by atoms with van der Waals surface area (Å²) in [6.07, 6.45) is 12.9. The van der Waals surface area contributed by atoms with Gasteiger partial charge in [-0.3, -0.25) is 0 Å². The van der Waals surface area contributed by atoms with E-state index in [-0.39, 0.29) is 12.9 Å². The van der Waals surface area contributed by atoms with Crippen molar-refractivity contribution in [1.29, 1.82) is 0 Å². The van der Waals surface area contributed by atoms with Crippen LogP contribution >= 0.6 is 0 Å². The number of ether oxygens (including phenoxy) is 5. The number of hydrogen-bond acceptors (Lipinski definition) is 6. The molecule has 7 heteroatoms. The van der Waals surface area contributed by atoms with Crippen LogP contribution in [-0.4, -0.2) is 49.9 Å². The lowest BCUT2D eigenvalue weighted by Crippen LogP contribution is -2.26. The summed E-state index contributed by atoms with van der Waals surface area (Å²) in [6.45, 7) is 3.15. The molecule has 1 aromatic carbocycles. The molecular formula is C27H30O7. The molecule has 0 spiro atoms. The topological polar surface area (TPSA) is 83.5 Å². The molecule has 2 atom stereocenters. The maximum absolute atomic E-state index is 11.3. The van der Waals surface area contributed by atoms with Gasteiger partial charge in [0.15, 0.2) is 6.10 Å². The van der Waals surface area contributed by atoms with Gasteiger partial charge in [-0.05, 0) is 49.1 Å². The van der Waals surface area contributed by atoms with Gasteiger partial charge in [0.2, 0.25) is 6.79 Å². The van der Waals surface area contributed by atoms with Crippen LogP contribution in [0.25, 0.3) is 0 Å². The molecule has 4 rings (SSSR count). The first-order valence-corrected chi connectivity index (χ1v) is 11.5. The van der Waals surface area contributed by atoms with Crippen LogP contribution in [0.5, 0.6) is 5.75 Å². The van der Waals surface area contributed by atoms with Crippen LogP contribution in [0.4, 0.5) is 0 Å². The number of fused-ring (bicyclic) bond motifs is 2. The summed E-state index contributed by atoms with van der Waals surface area (Å²) in [4.78, 5) is 11.3. The number of allylic oxidation sites excluding steroid dienone is 5. The van der Waals surface area contributed by atoms with E-state index in [1.165, 1.54) is 0 Å². The highest BCUT2D eigenvalue weighted by molar-refractivity contribution is 5.72. The summed E-state index contributed by atoms with van der Waals surface area (Å²) in [6, 6.07) is 7.40. The van der Waals surface area contributed by atoms with Crippen molar-refractivity contribution in [3.63, 3.8) is 0 Å². The van der Waals surface area contributed by atoms with Crippen LogP contribution in [0, 0.1) is 0 Å². The fraction of sp³-hybridized carbons (Fsp3) is 0.370. The van der Waals surface area contributed by atoms with Gasteiger partial charge in [0.1, 0.15) is 18.1 Å². The van der Waals surface area contributed by atoms with Crippen molar-refractivity contribution in [2.24, 2.45) is 0 Å². The van der Waals surface area contributed by atoms with E-state index in [9.17, 15) is 9.90 Å². The molecule has 0 bridgehead atoms. The highest BCUT2D eigenvalue weighted by Crippen LogP contribution is 2.36. The van der Waals surface area contributed by atoms with Crippen molar-refractivity contribution in [3.05, 3.63) is 88.9 Å². The fourth-order valence-corrected chi connectivity index (χ4v) is 4.18. The van der Waals surface area contributed by atoms with E-state index in [0.29, 0.717) is 32.0 Å². The second kappa shape index (κ2) is 11.7. The number of benzene rings is 1. The molecule has 0 saturated carbocycles. The van der Waals surface area contributed by atoms with Crippen LogP contribution in [0.15, 0.2) is 83.4 Å². The van der Waals surface area contributed by atoms with Gasteiger partial charge in [-0.15, -0.1) is 0 Å². The zero-order chi connectivity index (χ0) is 23.8. The van der Waals surface area contributed by atoms with E-state index in [1.54, 1.807) is 13.2 Å². The molecule has 1 heterocycles. The molecule has 0 amide bonds. The Balaban J connectivity index is 1.33. The molecule has 2 aliphatic carbocycles. The van der Waals surface area contributed by atoms with Gasteiger partial charge < -0.3 is 28.8 Å². The normalized spacial score (nSPS) is 23.6. The highest BCUT2D eigenvalue weighted by atomic mass is 16.7. The third-order valence-corrected chi connectivity index (χ3v) is 5.76. The molecule has 180 valence electrons. The van der Waals surface area contributed by atoms with Crippen LogP contribution in [0.1, 0.15) is 25.3 Å². The van der Waals surface area contributed by atoms with Gasteiger partial charge in [-0.25, -0.2) is 4.79 Å². The van der Waals surface area contributed by atoms with E-state index >= 15 is 0 Å². The minimum absolute atomic E-state index is 0.107. The summed E-state index contributed by atoms with van der Waals surface area (Å²) in [5, 5.41) is 9.24. The zero-order valence-corrected chi connectivity index (χ0v) is 19.3. The first kappa shape index (κ1) is 23.9. The lowest BCUT2D eigenvalue weighted by molar-refractivity contribution is -0.149. The third-order valence-electron chi connectivity index (χ3n) is 5.76. The number of carboxylic acids is 1. The Morgan fingerprint density at radius 2 is 2.06 bits per heavy atom. The van der Waals surface area contributed by atoms with Crippen molar-refractivity contribution >= 4 is 5.97 Å². The van der Waals surface area contributed by atoms with E-state index in [4.69, 9.17) is 23.7 Å². The molecule has 3 aliphatic rings. The molecule has 1 N–H and O–H groups in total. The van der Waals surface area contributed by atoms with Crippen molar-refractivity contribution in [3.8, 4) is 5.75 Å². The number of carboxylic acid groups (broad SMARTS) is 1. The molecular weight excluding hydrogens is 436 g/mol. The SMILES string of the molecule is CCOC(Cc1ccc(OCCOC2CC=CC3=C/OCOC4=CC=CC\C4=C\32)cc1)C(=O)O. The zero-order valence-electron chi connectivity index (χ0n) is 19.3. The Morgan fingerprint density at radius 3 is 2.85 bits per heavy atom. The maximum atomic E-state index is 11.3. The van der Waals surface area contributed by atoms with Gasteiger partial charge in [0.05, 0.1) is 19.0 Å². The molecule has 34 heavy (non-hydrogen) atoms. The lowest BCUT2D eigenvalue weighted by Gasteiger charge is -2.30. The monoisotopic (exact) mass is 466 g/mol. The second-order valence-electron chi connectivity index (χ2n) is 8.03. The van der Waals surface area contributed by atoms with Gasteiger partial charge in [0, 0.05) is 24.2 Å². The largest absolute Gasteiger partial charge is 0.491 e. The van der Waals surface area contributed by atoms with E-state index < -0.39 is 12.1 Å². The van der Waals surface area contributed by atoms with Gasteiger partial charge >= 0.3 is 5.97 Å². The molecule has 7 nitrogen and oxygen atoms in total. The van der Waals surface area contributed by atoms with E-state index in [2.05, 4.69) is 18.2 Å². The Labute approximate surface area is 199 Å². The summed E-state index contributed by atoms with van der Waals surface area (Å²) < 4.78 is 28.7.